The van der Waals surface area contributed by atoms with E-state index in [1.165, 1.54) is 0 Å². The predicted molar refractivity (Wildman–Crippen MR) is 192 cm³/mol. The van der Waals surface area contributed by atoms with Gasteiger partial charge in [0.05, 0.1) is 12.2 Å². The Kier molecular flexibility index (Phi) is 8.12. The van der Waals surface area contributed by atoms with Crippen LogP contribution in [-0.2, 0) is 27.4 Å². The van der Waals surface area contributed by atoms with Gasteiger partial charge in [-0.2, -0.15) is 0 Å². The zero-order chi connectivity index (χ0) is 33.4. The number of aliphatic hydroxyl groups is 1. The molecule has 1 aliphatic carbocycles. The minimum atomic E-state index is -0.521. The smallest absolute Gasteiger partial charge is 0.336 e. The lowest BCUT2D eigenvalue weighted by Gasteiger charge is -2.26. The molecule has 48 heavy (non-hydrogen) atoms. The van der Waals surface area contributed by atoms with Crippen molar-refractivity contribution in [2.45, 2.75) is 46.7 Å². The molecule has 0 radical (unpaired) electrons. The number of carbonyl (C=O) groups is 2. The number of Topliss-reactive ketones (excluding diaryl/α,β-unsaturated/α-hetero) is 1. The van der Waals surface area contributed by atoms with Crippen molar-refractivity contribution in [3.63, 3.8) is 0 Å². The normalized spacial score (nSPS) is 13.3. The van der Waals surface area contributed by atoms with Gasteiger partial charge in [-0.3, -0.25) is 4.79 Å². The van der Waals surface area contributed by atoms with Gasteiger partial charge in [-0.25, -0.2) is 4.79 Å². The topological polar surface area (TPSA) is 97.5 Å². The number of allylic oxidation sites excluding steroid dienone is 2. The highest BCUT2D eigenvalue weighted by atomic mass is 16.5. The molecule has 0 saturated heterocycles. The summed E-state index contributed by atoms with van der Waals surface area (Å²) in [5, 5.41) is 20.7. The number of carbonyl (C=O) groups excluding carboxylic acids is 2. The first-order valence-electron chi connectivity index (χ1n) is 16.3. The number of ketones is 1. The first-order chi connectivity index (χ1) is 23.4. The Hall–Kier alpha value is -5.94. The third-order valence-electron chi connectivity index (χ3n) is 9.17. The Bertz CT molecular complexity index is 2400. The molecule has 0 saturated carbocycles. The standard InChI is InChI=1S/C40H36N4O4/c1-4-43-35-13-9-7-11-27(35)29-21-25(15-17-37(29)43)41-33-24-32(40(47)48-6-3)34(23-31(33)39(46)19-20-45)42-26-16-18-38-30(22-26)28-12-8-10-14-36(28)44(38)5-2/h7-18,21-22,41-42,45H,4-6,23-24H2,1-3H3. The van der Waals surface area contributed by atoms with Crippen LogP contribution in [0, 0.1) is 12.0 Å². The van der Waals surface area contributed by atoms with Gasteiger partial charge in [0.1, 0.15) is 6.11 Å². The van der Waals surface area contributed by atoms with E-state index in [0.717, 1.165) is 68.1 Å². The fraction of sp³-hybridized carbons (Fsp3) is 0.200. The largest absolute Gasteiger partial charge is 0.463 e. The van der Waals surface area contributed by atoms with Crippen LogP contribution in [0.4, 0.5) is 11.4 Å². The lowest BCUT2D eigenvalue weighted by molar-refractivity contribution is -0.138. The highest BCUT2D eigenvalue weighted by molar-refractivity contribution is 6.12. The zero-order valence-corrected chi connectivity index (χ0v) is 27.2. The van der Waals surface area contributed by atoms with Crippen LogP contribution in [0.1, 0.15) is 33.6 Å². The van der Waals surface area contributed by atoms with Crippen LogP contribution in [0.5, 0.6) is 0 Å². The number of benzene rings is 4. The molecule has 240 valence electrons. The second-order valence-corrected chi connectivity index (χ2v) is 11.8. The molecule has 0 fully saturated rings. The number of hydrogen-bond acceptors (Lipinski definition) is 6. The van der Waals surface area contributed by atoms with Crippen LogP contribution in [-0.4, -0.2) is 32.6 Å². The van der Waals surface area contributed by atoms with Crippen molar-refractivity contribution in [1.82, 2.24) is 9.13 Å². The molecule has 8 nitrogen and oxygen atoms in total. The maximum Gasteiger partial charge on any atom is 0.336 e. The molecule has 0 unspecified atom stereocenters. The SMILES string of the molecule is CCOC(=O)C1=C(Nc2ccc3c(c2)c2ccccc2n3CC)CC(C(=O)C#CO)=C(Nc2ccc3c(c2)c2ccccc2n3CC)C1. The molecule has 8 heteroatoms. The number of rotatable bonds is 9. The third kappa shape index (κ3) is 5.23. The molecule has 2 heterocycles. The molecule has 0 aliphatic heterocycles. The van der Waals surface area contributed by atoms with Crippen LogP contribution >= 0.6 is 0 Å². The molecule has 0 amide bonds. The summed E-state index contributed by atoms with van der Waals surface area (Å²) in [7, 11) is 0. The van der Waals surface area contributed by atoms with Crippen molar-refractivity contribution in [1.29, 1.82) is 0 Å². The number of aryl methyl sites for hydroxylation is 2. The van der Waals surface area contributed by atoms with Gasteiger partial charge in [0.2, 0.25) is 5.78 Å². The van der Waals surface area contributed by atoms with E-state index in [0.29, 0.717) is 22.5 Å². The Balaban J connectivity index is 1.29. The average Bonchev–Trinajstić information content (AvgIpc) is 3.60. The van der Waals surface area contributed by atoms with Crippen LogP contribution < -0.4 is 10.6 Å². The van der Waals surface area contributed by atoms with Crippen molar-refractivity contribution in [2.75, 3.05) is 17.2 Å². The quantitative estimate of drug-likeness (QED) is 0.109. The summed E-state index contributed by atoms with van der Waals surface area (Å²) in [6.45, 7) is 7.90. The number of nitrogens with zero attached hydrogens (tertiary/aromatic N) is 2. The zero-order valence-electron chi connectivity index (χ0n) is 27.2. The summed E-state index contributed by atoms with van der Waals surface area (Å²) in [5.41, 5.74) is 7.98. The Morgan fingerprint density at radius 2 is 1.17 bits per heavy atom. The van der Waals surface area contributed by atoms with Gasteiger partial charge in [0.15, 0.2) is 0 Å². The van der Waals surface area contributed by atoms with Crippen molar-refractivity contribution in [2.24, 2.45) is 0 Å². The molecule has 4 aromatic carbocycles. The third-order valence-corrected chi connectivity index (χ3v) is 9.17. The lowest BCUT2D eigenvalue weighted by atomic mass is 9.90. The minimum Gasteiger partial charge on any atom is -0.463 e. The van der Waals surface area contributed by atoms with Gasteiger partial charge in [-0.05, 0) is 69.3 Å². The van der Waals surface area contributed by atoms with Crippen molar-refractivity contribution >= 4 is 66.7 Å². The summed E-state index contributed by atoms with van der Waals surface area (Å²) in [5.74, 6) is 1.32. The maximum absolute atomic E-state index is 13.5. The Morgan fingerprint density at radius 1 is 0.688 bits per heavy atom. The highest BCUT2D eigenvalue weighted by Crippen LogP contribution is 2.37. The first kappa shape index (κ1) is 30.7. The van der Waals surface area contributed by atoms with Gasteiger partial charge >= 0.3 is 5.97 Å². The summed E-state index contributed by atoms with van der Waals surface area (Å²) in [4.78, 5) is 26.8. The molecule has 7 rings (SSSR count). The maximum atomic E-state index is 13.5. The van der Waals surface area contributed by atoms with E-state index in [1.807, 2.05) is 36.4 Å². The van der Waals surface area contributed by atoms with Gasteiger partial charge in [-0.1, -0.05) is 36.4 Å². The molecule has 3 N–H and O–H groups in total. The predicted octanol–water partition coefficient (Wildman–Crippen LogP) is 8.23. The average molecular weight is 637 g/mol. The van der Waals surface area contributed by atoms with E-state index in [-0.39, 0.29) is 19.4 Å². The summed E-state index contributed by atoms with van der Waals surface area (Å²) in [6, 6.07) is 28.8. The van der Waals surface area contributed by atoms with Crippen molar-refractivity contribution in [3.05, 3.63) is 107 Å². The molecule has 0 atom stereocenters. The molecule has 6 aromatic rings. The first-order valence-corrected chi connectivity index (χ1v) is 16.3. The van der Waals surface area contributed by atoms with E-state index < -0.39 is 11.8 Å². The molecule has 2 aromatic heterocycles. The van der Waals surface area contributed by atoms with Crippen LogP contribution in [0.25, 0.3) is 43.6 Å². The summed E-state index contributed by atoms with van der Waals surface area (Å²) in [6.07, 6.45) is 1.98. The van der Waals surface area contributed by atoms with Gasteiger partial charge in [-0.15, -0.1) is 0 Å². The molecular formula is C40H36N4O4. The van der Waals surface area contributed by atoms with Crippen LogP contribution in [0.3, 0.4) is 0 Å². The van der Waals surface area contributed by atoms with E-state index in [4.69, 9.17) is 4.74 Å². The minimum absolute atomic E-state index is 0.0934. The summed E-state index contributed by atoms with van der Waals surface area (Å²) >= 11 is 0. The number of aliphatic hydroxyl groups excluding tert-OH is 1. The highest BCUT2D eigenvalue weighted by Gasteiger charge is 2.29. The van der Waals surface area contributed by atoms with Crippen LogP contribution in [0.2, 0.25) is 0 Å². The number of esters is 1. The van der Waals surface area contributed by atoms with E-state index >= 15 is 0 Å². The number of para-hydroxylation sites is 2. The molecular weight excluding hydrogens is 600 g/mol. The van der Waals surface area contributed by atoms with Crippen molar-refractivity contribution < 1.29 is 19.4 Å². The summed E-state index contributed by atoms with van der Waals surface area (Å²) < 4.78 is 10.1. The van der Waals surface area contributed by atoms with Crippen LogP contribution in [0.15, 0.2) is 107 Å². The molecule has 1 aliphatic rings. The second kappa shape index (κ2) is 12.7. The number of ether oxygens (including phenoxy) is 1. The number of aromatic nitrogens is 2. The van der Waals surface area contributed by atoms with E-state index in [1.54, 1.807) is 13.0 Å². The van der Waals surface area contributed by atoms with Gasteiger partial charge in [0.25, 0.3) is 0 Å². The Morgan fingerprint density at radius 3 is 1.67 bits per heavy atom. The van der Waals surface area contributed by atoms with E-state index in [9.17, 15) is 14.7 Å². The lowest BCUT2D eigenvalue weighted by Crippen LogP contribution is -2.24. The fourth-order valence-electron chi connectivity index (χ4n) is 7.07. The van der Waals surface area contributed by atoms with Gasteiger partial charge in [0, 0.05) is 104 Å². The fourth-order valence-corrected chi connectivity index (χ4v) is 7.07. The molecule has 0 spiro atoms. The second-order valence-electron chi connectivity index (χ2n) is 11.8. The van der Waals surface area contributed by atoms with Crippen molar-refractivity contribution in [3.8, 4) is 12.0 Å². The monoisotopic (exact) mass is 636 g/mol. The number of hydrogen-bond donors (Lipinski definition) is 3. The Labute approximate surface area is 278 Å². The van der Waals surface area contributed by atoms with Gasteiger partial charge < -0.3 is 29.6 Å². The number of fused-ring (bicyclic) bond motifs is 6. The molecule has 0 bridgehead atoms. The number of nitrogens with one attached hydrogen (secondary N) is 2. The van der Waals surface area contributed by atoms with E-state index in [2.05, 4.69) is 88.1 Å². The number of anilines is 2.